The lowest BCUT2D eigenvalue weighted by Gasteiger charge is -2.03. The average molecular weight is 275 g/mol. The van der Waals surface area contributed by atoms with Crippen LogP contribution in [0, 0.1) is 0 Å². The second-order valence-corrected chi connectivity index (χ2v) is 4.84. The zero-order valence-corrected chi connectivity index (χ0v) is 11.7. The summed E-state index contributed by atoms with van der Waals surface area (Å²) in [5, 5.41) is 3.86. The van der Waals surface area contributed by atoms with E-state index in [0.29, 0.717) is 17.9 Å². The number of anilines is 1. The van der Waals surface area contributed by atoms with Crippen LogP contribution in [0.3, 0.4) is 0 Å². The maximum atomic E-state index is 12.0. The van der Waals surface area contributed by atoms with Gasteiger partial charge in [-0.3, -0.25) is 4.79 Å². The summed E-state index contributed by atoms with van der Waals surface area (Å²) in [6, 6.07) is 7.38. The zero-order chi connectivity index (χ0) is 14.4. The number of hydrogen-bond acceptors (Lipinski definition) is 3. The van der Waals surface area contributed by atoms with Crippen molar-refractivity contribution in [3.8, 4) is 0 Å². The summed E-state index contributed by atoms with van der Waals surface area (Å²) in [7, 11) is 1.70. The van der Waals surface area contributed by atoms with Gasteiger partial charge in [0.25, 0.3) is 5.91 Å². The van der Waals surface area contributed by atoms with Gasteiger partial charge in [-0.2, -0.15) is 0 Å². The predicted molar refractivity (Wildman–Crippen MR) is 80.8 cm³/mol. The van der Waals surface area contributed by atoms with Crippen LogP contribution in [0.15, 0.2) is 24.3 Å². The smallest absolute Gasteiger partial charge is 0.267 e. The molecule has 5 nitrogen and oxygen atoms in total. The molecule has 0 aliphatic rings. The number of rotatable bonds is 7. The van der Waals surface area contributed by atoms with Crippen LogP contribution in [0.25, 0.3) is 10.9 Å². The van der Waals surface area contributed by atoms with Gasteiger partial charge in [-0.25, -0.2) is 0 Å². The number of carbonyl (C=O) groups is 1. The van der Waals surface area contributed by atoms with E-state index in [4.69, 9.17) is 10.5 Å². The number of fused-ring (bicyclic) bond motifs is 1. The topological polar surface area (TPSA) is 80.1 Å². The number of H-pyrrole nitrogens is 1. The molecule has 0 aliphatic heterocycles. The summed E-state index contributed by atoms with van der Waals surface area (Å²) >= 11 is 0. The largest absolute Gasteiger partial charge is 0.399 e. The molecule has 2 rings (SSSR count). The highest BCUT2D eigenvalue weighted by Crippen LogP contribution is 2.18. The number of benzene rings is 1. The first-order valence-electron chi connectivity index (χ1n) is 6.86. The third kappa shape index (κ3) is 3.74. The second kappa shape index (κ2) is 6.96. The van der Waals surface area contributed by atoms with Crippen LogP contribution < -0.4 is 11.1 Å². The van der Waals surface area contributed by atoms with Crippen LogP contribution in [0.1, 0.15) is 29.8 Å². The lowest BCUT2D eigenvalue weighted by Crippen LogP contribution is -2.24. The van der Waals surface area contributed by atoms with Gasteiger partial charge >= 0.3 is 0 Å². The first-order chi connectivity index (χ1) is 9.70. The summed E-state index contributed by atoms with van der Waals surface area (Å²) in [5.74, 6) is -0.0773. The van der Waals surface area contributed by atoms with Crippen LogP contribution >= 0.6 is 0 Å². The van der Waals surface area contributed by atoms with Crippen LogP contribution in [-0.4, -0.2) is 31.2 Å². The molecule has 0 saturated heterocycles. The number of nitrogen functional groups attached to an aromatic ring is 1. The van der Waals surface area contributed by atoms with E-state index >= 15 is 0 Å². The molecule has 20 heavy (non-hydrogen) atoms. The minimum atomic E-state index is -0.0773. The number of hydrogen-bond donors (Lipinski definition) is 3. The highest BCUT2D eigenvalue weighted by molar-refractivity contribution is 5.98. The number of nitrogens with two attached hydrogens (primary N) is 1. The molecule has 108 valence electrons. The van der Waals surface area contributed by atoms with Gasteiger partial charge in [-0.15, -0.1) is 0 Å². The molecule has 1 aromatic heterocycles. The fourth-order valence-electron chi connectivity index (χ4n) is 2.12. The Morgan fingerprint density at radius 3 is 2.95 bits per heavy atom. The van der Waals surface area contributed by atoms with Crippen molar-refractivity contribution in [3.63, 3.8) is 0 Å². The van der Waals surface area contributed by atoms with Crippen molar-refractivity contribution in [1.29, 1.82) is 0 Å². The molecular formula is C15H21N3O2. The summed E-state index contributed by atoms with van der Waals surface area (Å²) < 4.78 is 4.98. The molecular weight excluding hydrogens is 254 g/mol. The van der Waals surface area contributed by atoms with E-state index in [1.54, 1.807) is 7.11 Å². The fourth-order valence-corrected chi connectivity index (χ4v) is 2.12. The SMILES string of the molecule is COCCCCCNC(=O)c1cc2cc(N)ccc2[nH]1. The highest BCUT2D eigenvalue weighted by Gasteiger charge is 2.08. The Morgan fingerprint density at radius 2 is 2.15 bits per heavy atom. The van der Waals surface area contributed by atoms with Gasteiger partial charge in [0.2, 0.25) is 0 Å². The van der Waals surface area contributed by atoms with Crippen molar-refractivity contribution < 1.29 is 9.53 Å². The number of methoxy groups -OCH3 is 1. The lowest BCUT2D eigenvalue weighted by molar-refractivity contribution is 0.0948. The number of nitrogens with one attached hydrogen (secondary N) is 2. The number of ether oxygens (including phenoxy) is 1. The minimum absolute atomic E-state index is 0.0773. The minimum Gasteiger partial charge on any atom is -0.399 e. The van der Waals surface area contributed by atoms with E-state index in [-0.39, 0.29) is 5.91 Å². The second-order valence-electron chi connectivity index (χ2n) is 4.84. The molecule has 2 aromatic rings. The highest BCUT2D eigenvalue weighted by atomic mass is 16.5. The van der Waals surface area contributed by atoms with Gasteiger partial charge in [0.05, 0.1) is 0 Å². The maximum absolute atomic E-state index is 12.0. The molecule has 0 unspecified atom stereocenters. The molecule has 0 fully saturated rings. The van der Waals surface area contributed by atoms with Crippen molar-refractivity contribution in [2.45, 2.75) is 19.3 Å². The Bertz CT molecular complexity index is 578. The Kier molecular flexibility index (Phi) is 5.01. The molecule has 0 radical (unpaired) electrons. The number of aromatic amines is 1. The Balaban J connectivity index is 1.85. The van der Waals surface area contributed by atoms with E-state index < -0.39 is 0 Å². The van der Waals surface area contributed by atoms with Gasteiger partial charge in [-0.05, 0) is 43.5 Å². The van der Waals surface area contributed by atoms with Crippen LogP contribution in [0.4, 0.5) is 5.69 Å². The van der Waals surface area contributed by atoms with Gasteiger partial charge in [0, 0.05) is 36.9 Å². The van der Waals surface area contributed by atoms with Crippen LogP contribution in [0.5, 0.6) is 0 Å². The molecule has 1 heterocycles. The average Bonchev–Trinajstić information content (AvgIpc) is 2.85. The van der Waals surface area contributed by atoms with Gasteiger partial charge in [-0.1, -0.05) is 0 Å². The van der Waals surface area contributed by atoms with E-state index in [1.165, 1.54) is 0 Å². The van der Waals surface area contributed by atoms with E-state index in [1.807, 2.05) is 24.3 Å². The van der Waals surface area contributed by atoms with Crippen molar-refractivity contribution in [3.05, 3.63) is 30.0 Å². The van der Waals surface area contributed by atoms with Gasteiger partial charge in [0.1, 0.15) is 5.69 Å². The monoisotopic (exact) mass is 275 g/mol. The molecule has 5 heteroatoms. The molecule has 0 spiro atoms. The normalized spacial score (nSPS) is 10.8. The van der Waals surface area contributed by atoms with Crippen molar-refractivity contribution in [2.75, 3.05) is 26.0 Å². The number of amides is 1. The third-order valence-electron chi connectivity index (χ3n) is 3.20. The zero-order valence-electron chi connectivity index (χ0n) is 11.7. The molecule has 0 aliphatic carbocycles. The molecule has 1 aromatic carbocycles. The lowest BCUT2D eigenvalue weighted by atomic mass is 10.2. The first-order valence-corrected chi connectivity index (χ1v) is 6.86. The first kappa shape index (κ1) is 14.4. The maximum Gasteiger partial charge on any atom is 0.267 e. The van der Waals surface area contributed by atoms with E-state index in [0.717, 1.165) is 36.8 Å². The standard InChI is InChI=1S/C15H21N3O2/c1-20-8-4-2-3-7-17-15(19)14-10-11-9-12(16)5-6-13(11)18-14/h5-6,9-10,18H,2-4,7-8,16H2,1H3,(H,17,19). The van der Waals surface area contributed by atoms with Crippen molar-refractivity contribution in [2.24, 2.45) is 0 Å². The fraction of sp³-hybridized carbons (Fsp3) is 0.400. The number of unbranched alkanes of at least 4 members (excludes halogenated alkanes) is 2. The molecule has 4 N–H and O–H groups in total. The number of carbonyl (C=O) groups excluding carboxylic acids is 1. The summed E-state index contributed by atoms with van der Waals surface area (Å²) in [4.78, 5) is 15.1. The molecule has 0 atom stereocenters. The Morgan fingerprint density at radius 1 is 1.30 bits per heavy atom. The van der Waals surface area contributed by atoms with Crippen molar-refractivity contribution >= 4 is 22.5 Å². The van der Waals surface area contributed by atoms with E-state index in [2.05, 4.69) is 10.3 Å². The molecule has 0 saturated carbocycles. The Hall–Kier alpha value is -2.01. The molecule has 0 bridgehead atoms. The summed E-state index contributed by atoms with van der Waals surface area (Å²) in [5.41, 5.74) is 7.91. The summed E-state index contributed by atoms with van der Waals surface area (Å²) in [6.07, 6.45) is 3.04. The van der Waals surface area contributed by atoms with Gasteiger partial charge in [0.15, 0.2) is 0 Å². The summed E-state index contributed by atoms with van der Waals surface area (Å²) in [6.45, 7) is 1.46. The van der Waals surface area contributed by atoms with E-state index in [9.17, 15) is 4.79 Å². The van der Waals surface area contributed by atoms with Crippen LogP contribution in [-0.2, 0) is 4.74 Å². The Labute approximate surface area is 118 Å². The van der Waals surface area contributed by atoms with Crippen LogP contribution in [0.2, 0.25) is 0 Å². The van der Waals surface area contributed by atoms with Gasteiger partial charge < -0.3 is 20.8 Å². The predicted octanol–water partition coefficient (Wildman–Crippen LogP) is 2.30. The third-order valence-corrected chi connectivity index (χ3v) is 3.20. The number of aromatic nitrogens is 1. The molecule has 1 amide bonds. The quantitative estimate of drug-likeness (QED) is 0.536. The van der Waals surface area contributed by atoms with Crippen molar-refractivity contribution in [1.82, 2.24) is 10.3 Å².